The van der Waals surface area contributed by atoms with Gasteiger partial charge < -0.3 is 5.11 Å². The molecule has 0 amide bonds. The van der Waals surface area contributed by atoms with Gasteiger partial charge in [-0.25, -0.2) is 0 Å². The fourth-order valence-corrected chi connectivity index (χ4v) is 1.71. The Morgan fingerprint density at radius 3 is 2.73 bits per heavy atom. The molecule has 0 saturated heterocycles. The number of hydrogen-bond acceptors (Lipinski definition) is 1. The van der Waals surface area contributed by atoms with Crippen molar-refractivity contribution in [1.82, 2.24) is 0 Å². The summed E-state index contributed by atoms with van der Waals surface area (Å²) in [4.78, 5) is 10.8. The molecule has 2 nitrogen and oxygen atoms in total. The van der Waals surface area contributed by atoms with Gasteiger partial charge in [0.25, 0.3) is 0 Å². The van der Waals surface area contributed by atoms with Crippen LogP contribution in [0.2, 0.25) is 0 Å². The van der Waals surface area contributed by atoms with Gasteiger partial charge in [-0.05, 0) is 31.7 Å². The predicted octanol–water partition coefficient (Wildman–Crippen LogP) is 3.04. The largest absolute Gasteiger partial charge is 0.481 e. The molecule has 0 heterocycles. The van der Waals surface area contributed by atoms with Crippen molar-refractivity contribution in [2.24, 2.45) is 5.92 Å². The third kappa shape index (κ3) is 3.74. The number of benzene rings is 1. The predicted molar refractivity (Wildman–Crippen MR) is 60.9 cm³/mol. The van der Waals surface area contributed by atoms with Crippen LogP contribution in [0.1, 0.15) is 30.9 Å². The van der Waals surface area contributed by atoms with Crippen LogP contribution in [0.15, 0.2) is 24.3 Å². The summed E-state index contributed by atoms with van der Waals surface area (Å²) in [5, 5.41) is 8.91. The zero-order valence-electron chi connectivity index (χ0n) is 9.36. The Morgan fingerprint density at radius 1 is 1.47 bits per heavy atom. The molecule has 82 valence electrons. The van der Waals surface area contributed by atoms with Gasteiger partial charge >= 0.3 is 5.97 Å². The van der Waals surface area contributed by atoms with Crippen LogP contribution in [0.4, 0.5) is 0 Å². The minimum absolute atomic E-state index is 0.203. The molecule has 1 N–H and O–H groups in total. The van der Waals surface area contributed by atoms with E-state index in [0.29, 0.717) is 6.42 Å². The van der Waals surface area contributed by atoms with E-state index < -0.39 is 5.97 Å². The van der Waals surface area contributed by atoms with E-state index in [4.69, 9.17) is 5.11 Å². The highest BCUT2D eigenvalue weighted by Crippen LogP contribution is 2.14. The van der Waals surface area contributed by atoms with E-state index in [1.165, 1.54) is 11.1 Å². The van der Waals surface area contributed by atoms with Gasteiger partial charge in [0, 0.05) is 0 Å². The number of hydrogen-bond donors (Lipinski definition) is 1. The van der Waals surface area contributed by atoms with Crippen LogP contribution in [0, 0.1) is 12.8 Å². The second kappa shape index (κ2) is 5.54. The SMILES string of the molecule is CCC(CCc1cccc(C)c1)C(=O)O. The molecule has 0 aromatic heterocycles. The van der Waals surface area contributed by atoms with Gasteiger partial charge in [0.15, 0.2) is 0 Å². The molecule has 1 aromatic rings. The summed E-state index contributed by atoms with van der Waals surface area (Å²) >= 11 is 0. The van der Waals surface area contributed by atoms with Crippen LogP contribution < -0.4 is 0 Å². The van der Waals surface area contributed by atoms with Crippen molar-refractivity contribution in [1.29, 1.82) is 0 Å². The molecule has 0 aliphatic heterocycles. The van der Waals surface area contributed by atoms with Gasteiger partial charge in [-0.3, -0.25) is 4.79 Å². The Bertz CT molecular complexity index is 331. The lowest BCUT2D eigenvalue weighted by Crippen LogP contribution is -2.13. The Balaban J connectivity index is 2.52. The summed E-state index contributed by atoms with van der Waals surface area (Å²) in [5.41, 5.74) is 2.46. The van der Waals surface area contributed by atoms with Gasteiger partial charge in [-0.2, -0.15) is 0 Å². The standard InChI is InChI=1S/C13H18O2/c1-3-12(13(14)15)8-7-11-6-4-5-10(2)9-11/h4-6,9,12H,3,7-8H2,1-2H3,(H,14,15). The van der Waals surface area contributed by atoms with Crippen molar-refractivity contribution in [3.63, 3.8) is 0 Å². The van der Waals surface area contributed by atoms with Gasteiger partial charge in [0.05, 0.1) is 5.92 Å². The molecule has 15 heavy (non-hydrogen) atoms. The average molecular weight is 206 g/mol. The maximum Gasteiger partial charge on any atom is 0.306 e. The van der Waals surface area contributed by atoms with Crippen molar-refractivity contribution in [3.05, 3.63) is 35.4 Å². The van der Waals surface area contributed by atoms with E-state index in [9.17, 15) is 4.79 Å². The number of carboxylic acid groups (broad SMARTS) is 1. The van der Waals surface area contributed by atoms with E-state index in [2.05, 4.69) is 25.1 Å². The second-order valence-corrected chi connectivity index (χ2v) is 3.97. The molecule has 2 heteroatoms. The van der Waals surface area contributed by atoms with Crippen molar-refractivity contribution >= 4 is 5.97 Å². The van der Waals surface area contributed by atoms with Gasteiger partial charge in [-0.1, -0.05) is 36.8 Å². The van der Waals surface area contributed by atoms with Gasteiger partial charge in [0.1, 0.15) is 0 Å². The van der Waals surface area contributed by atoms with Gasteiger partial charge in [-0.15, -0.1) is 0 Å². The first-order chi connectivity index (χ1) is 7.13. The summed E-state index contributed by atoms with van der Waals surface area (Å²) in [6.07, 6.45) is 2.29. The minimum atomic E-state index is -0.676. The molecule has 0 saturated carbocycles. The van der Waals surface area contributed by atoms with Crippen LogP contribution in [0.3, 0.4) is 0 Å². The lowest BCUT2D eigenvalue weighted by atomic mass is 9.97. The summed E-state index contributed by atoms with van der Waals surface area (Å²) in [7, 11) is 0. The van der Waals surface area contributed by atoms with E-state index in [1.54, 1.807) is 0 Å². The zero-order chi connectivity index (χ0) is 11.3. The van der Waals surface area contributed by atoms with Crippen molar-refractivity contribution in [3.8, 4) is 0 Å². The van der Waals surface area contributed by atoms with E-state index in [-0.39, 0.29) is 5.92 Å². The third-order valence-electron chi connectivity index (χ3n) is 2.71. The molecule has 0 aliphatic rings. The highest BCUT2D eigenvalue weighted by atomic mass is 16.4. The number of carbonyl (C=O) groups is 1. The Morgan fingerprint density at radius 2 is 2.20 bits per heavy atom. The van der Waals surface area contributed by atoms with E-state index >= 15 is 0 Å². The van der Waals surface area contributed by atoms with Crippen LogP contribution in [0.25, 0.3) is 0 Å². The molecule has 1 rings (SSSR count). The normalized spacial score (nSPS) is 12.4. The number of carboxylic acids is 1. The summed E-state index contributed by atoms with van der Waals surface area (Å²) in [5.74, 6) is -0.879. The fraction of sp³-hybridized carbons (Fsp3) is 0.462. The topological polar surface area (TPSA) is 37.3 Å². The molecule has 1 aromatic carbocycles. The Kier molecular flexibility index (Phi) is 4.35. The average Bonchev–Trinajstić information content (AvgIpc) is 2.18. The first-order valence-electron chi connectivity index (χ1n) is 5.41. The quantitative estimate of drug-likeness (QED) is 0.804. The number of aliphatic carboxylic acids is 1. The highest BCUT2D eigenvalue weighted by Gasteiger charge is 2.14. The third-order valence-corrected chi connectivity index (χ3v) is 2.71. The van der Waals surface area contributed by atoms with E-state index in [0.717, 1.165) is 12.8 Å². The molecular formula is C13H18O2. The summed E-state index contributed by atoms with van der Waals surface area (Å²) in [6, 6.07) is 8.25. The first kappa shape index (κ1) is 11.8. The molecule has 0 aliphatic carbocycles. The summed E-state index contributed by atoms with van der Waals surface area (Å²) < 4.78 is 0. The first-order valence-corrected chi connectivity index (χ1v) is 5.41. The highest BCUT2D eigenvalue weighted by molar-refractivity contribution is 5.69. The van der Waals surface area contributed by atoms with Crippen molar-refractivity contribution in [2.75, 3.05) is 0 Å². The molecule has 1 unspecified atom stereocenters. The smallest absolute Gasteiger partial charge is 0.306 e. The molecular weight excluding hydrogens is 188 g/mol. The molecule has 0 bridgehead atoms. The maximum atomic E-state index is 10.8. The Labute approximate surface area is 90.9 Å². The molecule has 0 spiro atoms. The number of aryl methyl sites for hydroxylation is 2. The van der Waals surface area contributed by atoms with Crippen LogP contribution in [-0.2, 0) is 11.2 Å². The monoisotopic (exact) mass is 206 g/mol. The maximum absolute atomic E-state index is 10.8. The van der Waals surface area contributed by atoms with E-state index in [1.807, 2.05) is 13.0 Å². The van der Waals surface area contributed by atoms with Crippen molar-refractivity contribution in [2.45, 2.75) is 33.1 Å². The van der Waals surface area contributed by atoms with Crippen LogP contribution in [0.5, 0.6) is 0 Å². The number of rotatable bonds is 5. The van der Waals surface area contributed by atoms with Gasteiger partial charge in [0.2, 0.25) is 0 Å². The zero-order valence-corrected chi connectivity index (χ0v) is 9.36. The fourth-order valence-electron chi connectivity index (χ4n) is 1.71. The summed E-state index contributed by atoms with van der Waals surface area (Å²) in [6.45, 7) is 3.98. The lowest BCUT2D eigenvalue weighted by Gasteiger charge is -2.09. The molecule has 0 radical (unpaired) electrons. The molecule has 1 atom stereocenters. The molecule has 0 fully saturated rings. The van der Waals surface area contributed by atoms with Crippen molar-refractivity contribution < 1.29 is 9.90 Å². The minimum Gasteiger partial charge on any atom is -0.481 e. The van der Waals surface area contributed by atoms with Crippen LogP contribution >= 0.6 is 0 Å². The lowest BCUT2D eigenvalue weighted by molar-refractivity contribution is -0.142. The van der Waals surface area contributed by atoms with Crippen LogP contribution in [-0.4, -0.2) is 11.1 Å². The Hall–Kier alpha value is -1.31. The second-order valence-electron chi connectivity index (χ2n) is 3.97.